The van der Waals surface area contributed by atoms with Gasteiger partial charge in [-0.3, -0.25) is 0 Å². The average molecular weight is 205 g/mol. The van der Waals surface area contributed by atoms with Crippen LogP contribution >= 0.6 is 11.6 Å². The van der Waals surface area contributed by atoms with Crippen LogP contribution in [0.15, 0.2) is 18.6 Å². The Morgan fingerprint density at radius 3 is 3.14 bits per heavy atom. The number of rotatable bonds is 1. The quantitative estimate of drug-likeness (QED) is 0.572. The molecule has 0 radical (unpaired) electrons. The van der Waals surface area contributed by atoms with Crippen LogP contribution in [0.2, 0.25) is 5.15 Å². The maximum absolute atomic E-state index is 8.39. The highest BCUT2D eigenvalue weighted by Crippen LogP contribution is 2.21. The Hall–Kier alpha value is -1.86. The van der Waals surface area contributed by atoms with E-state index in [-0.39, 0.29) is 0 Å². The molecule has 0 saturated heterocycles. The van der Waals surface area contributed by atoms with E-state index in [9.17, 15) is 0 Å². The molecule has 14 heavy (non-hydrogen) atoms. The van der Waals surface area contributed by atoms with Gasteiger partial charge in [-0.15, -0.1) is 0 Å². The van der Waals surface area contributed by atoms with Gasteiger partial charge in [0, 0.05) is 17.8 Å². The van der Waals surface area contributed by atoms with E-state index in [0.717, 1.165) is 11.1 Å². The number of halogens is 1. The predicted molar refractivity (Wildman–Crippen MR) is 53.5 cm³/mol. The van der Waals surface area contributed by atoms with E-state index in [2.05, 4.69) is 15.0 Å². The molecular weight excluding hydrogens is 200 g/mol. The van der Waals surface area contributed by atoms with Crippen molar-refractivity contribution in [1.82, 2.24) is 15.0 Å². The highest BCUT2D eigenvalue weighted by molar-refractivity contribution is 6.33. The summed E-state index contributed by atoms with van der Waals surface area (Å²) in [5.41, 5.74) is 2.23. The third-order valence-corrected chi connectivity index (χ3v) is 2.07. The van der Waals surface area contributed by atoms with Gasteiger partial charge in [-0.2, -0.15) is 5.26 Å². The van der Waals surface area contributed by atoms with Gasteiger partial charge in [-0.25, -0.2) is 9.97 Å². The lowest BCUT2D eigenvalue weighted by molar-refractivity contribution is 1.22. The molecule has 0 bridgehead atoms. The zero-order valence-electron chi connectivity index (χ0n) is 7.03. The number of allylic oxidation sites excluding steroid dienone is 1. The van der Waals surface area contributed by atoms with Crippen LogP contribution in [0, 0.1) is 11.3 Å². The topological polar surface area (TPSA) is 65.4 Å². The fraction of sp³-hybridized carbons (Fsp3) is 0. The summed E-state index contributed by atoms with van der Waals surface area (Å²) in [7, 11) is 0. The molecule has 0 atom stereocenters. The van der Waals surface area contributed by atoms with Gasteiger partial charge in [0.1, 0.15) is 17.4 Å². The minimum Gasteiger partial charge on any atom is -0.357 e. The molecule has 2 heterocycles. The van der Waals surface area contributed by atoms with E-state index in [1.807, 2.05) is 6.07 Å². The molecule has 2 rings (SSSR count). The number of H-pyrrole nitrogens is 1. The van der Waals surface area contributed by atoms with Crippen LogP contribution in [-0.2, 0) is 0 Å². The van der Waals surface area contributed by atoms with Crippen LogP contribution in [0.4, 0.5) is 0 Å². The minimum absolute atomic E-state index is 0.381. The first-order valence-corrected chi connectivity index (χ1v) is 4.24. The molecule has 0 aliphatic heterocycles. The summed E-state index contributed by atoms with van der Waals surface area (Å²) in [5.74, 6) is 0. The fourth-order valence-corrected chi connectivity index (χ4v) is 1.37. The Bertz CT molecular complexity index is 535. The predicted octanol–water partition coefficient (Wildman–Crippen LogP) is 2.15. The highest BCUT2D eigenvalue weighted by Gasteiger charge is 2.05. The summed E-state index contributed by atoms with van der Waals surface area (Å²) >= 11 is 5.83. The zero-order valence-corrected chi connectivity index (χ0v) is 7.78. The first kappa shape index (κ1) is 8.73. The fourth-order valence-electron chi connectivity index (χ4n) is 1.18. The highest BCUT2D eigenvalue weighted by atomic mass is 35.5. The van der Waals surface area contributed by atoms with Crippen molar-refractivity contribution in [1.29, 1.82) is 5.26 Å². The van der Waals surface area contributed by atoms with Crippen LogP contribution in [0.25, 0.3) is 17.1 Å². The van der Waals surface area contributed by atoms with E-state index in [0.29, 0.717) is 10.7 Å². The van der Waals surface area contributed by atoms with Crippen LogP contribution in [0.1, 0.15) is 5.56 Å². The SMILES string of the molecule is N#CC=Cc1c[nH]c2c(Cl)ncnc12. The molecule has 1 N–H and O–H groups in total. The van der Waals surface area contributed by atoms with Crippen molar-refractivity contribution < 1.29 is 0 Å². The maximum atomic E-state index is 8.39. The van der Waals surface area contributed by atoms with Crippen molar-refractivity contribution in [2.45, 2.75) is 0 Å². The van der Waals surface area contributed by atoms with Crippen molar-refractivity contribution >= 4 is 28.7 Å². The number of aromatic nitrogens is 3. The lowest BCUT2D eigenvalue weighted by atomic mass is 10.2. The Labute approximate surface area is 84.9 Å². The molecule has 0 amide bonds. The van der Waals surface area contributed by atoms with Crippen molar-refractivity contribution in [2.75, 3.05) is 0 Å². The number of nitriles is 1. The van der Waals surface area contributed by atoms with Gasteiger partial charge in [0.05, 0.1) is 6.07 Å². The van der Waals surface area contributed by atoms with Crippen LogP contribution < -0.4 is 0 Å². The number of aromatic amines is 1. The monoisotopic (exact) mass is 204 g/mol. The van der Waals surface area contributed by atoms with Crippen molar-refractivity contribution in [3.8, 4) is 6.07 Å². The van der Waals surface area contributed by atoms with Crippen molar-refractivity contribution in [3.05, 3.63) is 29.3 Å². The van der Waals surface area contributed by atoms with Crippen LogP contribution in [0.3, 0.4) is 0 Å². The smallest absolute Gasteiger partial charge is 0.156 e. The van der Waals surface area contributed by atoms with Crippen LogP contribution in [-0.4, -0.2) is 15.0 Å². The van der Waals surface area contributed by atoms with Gasteiger partial charge >= 0.3 is 0 Å². The minimum atomic E-state index is 0.381. The molecule has 68 valence electrons. The van der Waals surface area contributed by atoms with Crippen molar-refractivity contribution in [3.63, 3.8) is 0 Å². The summed E-state index contributed by atoms with van der Waals surface area (Å²) in [6, 6.07) is 1.91. The Kier molecular flexibility index (Phi) is 2.17. The number of fused-ring (bicyclic) bond motifs is 1. The molecule has 0 aliphatic carbocycles. The summed E-state index contributed by atoms with van der Waals surface area (Å²) in [6.07, 6.45) is 6.18. The van der Waals surface area contributed by atoms with Gasteiger partial charge in [0.15, 0.2) is 5.15 Å². The molecule has 2 aromatic rings. The molecule has 5 heteroatoms. The normalized spacial score (nSPS) is 10.9. The van der Waals surface area contributed by atoms with Gasteiger partial charge in [-0.05, 0) is 6.08 Å². The first-order valence-electron chi connectivity index (χ1n) is 3.86. The number of hydrogen-bond acceptors (Lipinski definition) is 3. The Morgan fingerprint density at radius 2 is 2.36 bits per heavy atom. The molecule has 0 saturated carbocycles. The lowest BCUT2D eigenvalue weighted by Crippen LogP contribution is -1.81. The second-order valence-corrected chi connectivity index (χ2v) is 2.95. The van der Waals surface area contributed by atoms with Crippen molar-refractivity contribution in [2.24, 2.45) is 0 Å². The summed E-state index contributed by atoms with van der Waals surface area (Å²) in [6.45, 7) is 0. The Balaban J connectivity index is 2.65. The molecule has 0 spiro atoms. The van der Waals surface area contributed by atoms with E-state index >= 15 is 0 Å². The second-order valence-electron chi connectivity index (χ2n) is 2.59. The van der Waals surface area contributed by atoms with Crippen LogP contribution in [0.5, 0.6) is 0 Å². The van der Waals surface area contributed by atoms with Gasteiger partial charge in [0.2, 0.25) is 0 Å². The molecule has 4 nitrogen and oxygen atoms in total. The third kappa shape index (κ3) is 1.34. The largest absolute Gasteiger partial charge is 0.357 e. The standard InChI is InChI=1S/C9H5ClN4/c10-9-8-7(13-5-14-9)6(4-12-8)2-1-3-11/h1-2,4-5,12H. The summed E-state index contributed by atoms with van der Waals surface area (Å²) < 4.78 is 0. The summed E-state index contributed by atoms with van der Waals surface area (Å²) in [4.78, 5) is 10.9. The molecule has 2 aromatic heterocycles. The maximum Gasteiger partial charge on any atom is 0.156 e. The number of hydrogen-bond donors (Lipinski definition) is 1. The molecular formula is C9H5ClN4. The first-order chi connectivity index (χ1) is 6.83. The average Bonchev–Trinajstić information content (AvgIpc) is 2.60. The van der Waals surface area contributed by atoms with Gasteiger partial charge in [-0.1, -0.05) is 11.6 Å². The third-order valence-electron chi connectivity index (χ3n) is 1.78. The van der Waals surface area contributed by atoms with E-state index in [1.165, 1.54) is 12.4 Å². The Morgan fingerprint density at radius 1 is 1.50 bits per heavy atom. The van der Waals surface area contributed by atoms with E-state index in [4.69, 9.17) is 16.9 Å². The zero-order chi connectivity index (χ0) is 9.97. The van der Waals surface area contributed by atoms with Gasteiger partial charge in [0.25, 0.3) is 0 Å². The molecule has 0 aliphatic rings. The summed E-state index contributed by atoms with van der Waals surface area (Å²) in [5, 5.41) is 8.77. The second kappa shape index (κ2) is 3.48. The molecule has 0 aromatic carbocycles. The number of nitrogens with zero attached hydrogens (tertiary/aromatic N) is 3. The van der Waals surface area contributed by atoms with Gasteiger partial charge < -0.3 is 4.98 Å². The number of nitrogens with one attached hydrogen (secondary N) is 1. The van der Waals surface area contributed by atoms with E-state index in [1.54, 1.807) is 12.3 Å². The molecule has 0 fully saturated rings. The molecule has 0 unspecified atom stereocenters. The van der Waals surface area contributed by atoms with E-state index < -0.39 is 0 Å². The lowest BCUT2D eigenvalue weighted by Gasteiger charge is -1.91.